The number of hydrogen-bond donors (Lipinski definition) is 2. The lowest BCUT2D eigenvalue weighted by atomic mass is 9.99. The summed E-state index contributed by atoms with van der Waals surface area (Å²) in [7, 11) is 0. The predicted molar refractivity (Wildman–Crippen MR) is 78.5 cm³/mol. The Labute approximate surface area is 123 Å². The van der Waals surface area contributed by atoms with Crippen molar-refractivity contribution in [3.8, 4) is 5.75 Å². The molecule has 0 bridgehead atoms. The molecule has 2 rings (SSSR count). The number of ether oxygens (including phenoxy) is 1. The van der Waals surface area contributed by atoms with Crippen LogP contribution >= 0.6 is 0 Å². The number of carboxylic acid groups (broad SMARTS) is 1. The van der Waals surface area contributed by atoms with Crippen LogP contribution in [0, 0.1) is 0 Å². The highest BCUT2D eigenvalue weighted by atomic mass is 16.5. The number of carbonyl (C=O) groups excluding carboxylic acids is 1. The number of aliphatic carboxylic acids is 1. The minimum Gasteiger partial charge on any atom is -0.482 e. The van der Waals surface area contributed by atoms with E-state index in [1.807, 2.05) is 0 Å². The second kappa shape index (κ2) is 7.47. The fourth-order valence-electron chi connectivity index (χ4n) is 2.21. The van der Waals surface area contributed by atoms with Gasteiger partial charge in [0, 0.05) is 12.1 Å². The summed E-state index contributed by atoms with van der Waals surface area (Å²) in [4.78, 5) is 22.4. The molecule has 21 heavy (non-hydrogen) atoms. The maximum atomic E-state index is 12.0. The molecule has 112 valence electrons. The fourth-order valence-corrected chi connectivity index (χ4v) is 2.21. The van der Waals surface area contributed by atoms with E-state index in [2.05, 4.69) is 11.4 Å². The predicted octanol–water partition coefficient (Wildman–Crippen LogP) is 2.38. The third-order valence-electron chi connectivity index (χ3n) is 3.34. The first-order chi connectivity index (χ1) is 10.1. The van der Waals surface area contributed by atoms with Crippen LogP contribution in [-0.2, 0) is 4.79 Å². The molecule has 1 aliphatic rings. The highest BCUT2D eigenvalue weighted by Gasteiger charge is 2.08. The highest BCUT2D eigenvalue weighted by Crippen LogP contribution is 2.17. The zero-order valence-corrected chi connectivity index (χ0v) is 11.8. The van der Waals surface area contributed by atoms with Gasteiger partial charge in [0.25, 0.3) is 5.91 Å². The van der Waals surface area contributed by atoms with Gasteiger partial charge in [-0.15, -0.1) is 0 Å². The van der Waals surface area contributed by atoms with Gasteiger partial charge < -0.3 is 15.2 Å². The third-order valence-corrected chi connectivity index (χ3v) is 3.34. The molecule has 0 aliphatic heterocycles. The molecule has 0 saturated carbocycles. The van der Waals surface area contributed by atoms with Crippen molar-refractivity contribution in [2.24, 2.45) is 0 Å². The van der Waals surface area contributed by atoms with Gasteiger partial charge in [0.15, 0.2) is 6.61 Å². The number of rotatable bonds is 6. The molecule has 1 aliphatic carbocycles. The monoisotopic (exact) mass is 289 g/mol. The average molecular weight is 289 g/mol. The Kier molecular flexibility index (Phi) is 5.37. The molecule has 0 saturated heterocycles. The van der Waals surface area contributed by atoms with E-state index in [4.69, 9.17) is 9.84 Å². The summed E-state index contributed by atoms with van der Waals surface area (Å²) < 4.78 is 5.02. The normalized spacial score (nSPS) is 14.2. The minimum atomic E-state index is -1.03. The number of carbonyl (C=O) groups is 2. The molecule has 0 heterocycles. The Morgan fingerprint density at radius 3 is 2.57 bits per heavy atom. The molecule has 2 N–H and O–H groups in total. The lowest BCUT2D eigenvalue weighted by Gasteiger charge is -2.13. The SMILES string of the molecule is O=C(O)COc1ccc(C(=O)NCC2=CCCCC2)cc1. The van der Waals surface area contributed by atoms with Gasteiger partial charge in [-0.05, 0) is 49.9 Å². The zero-order valence-electron chi connectivity index (χ0n) is 11.8. The summed E-state index contributed by atoms with van der Waals surface area (Å²) >= 11 is 0. The number of amides is 1. The van der Waals surface area contributed by atoms with E-state index in [9.17, 15) is 9.59 Å². The molecule has 1 amide bonds. The van der Waals surface area contributed by atoms with Crippen LogP contribution in [0.4, 0.5) is 0 Å². The molecule has 0 atom stereocenters. The van der Waals surface area contributed by atoms with Crippen LogP contribution in [0.25, 0.3) is 0 Å². The molecule has 0 radical (unpaired) electrons. The van der Waals surface area contributed by atoms with Gasteiger partial charge in [-0.25, -0.2) is 4.79 Å². The third kappa shape index (κ3) is 4.95. The highest BCUT2D eigenvalue weighted by molar-refractivity contribution is 5.94. The number of benzene rings is 1. The first kappa shape index (κ1) is 15.1. The van der Waals surface area contributed by atoms with Crippen LogP contribution in [0.2, 0.25) is 0 Å². The second-order valence-electron chi connectivity index (χ2n) is 5.00. The maximum Gasteiger partial charge on any atom is 0.341 e. The lowest BCUT2D eigenvalue weighted by molar-refractivity contribution is -0.139. The van der Waals surface area contributed by atoms with Gasteiger partial charge in [-0.1, -0.05) is 11.6 Å². The first-order valence-corrected chi connectivity index (χ1v) is 7.06. The topological polar surface area (TPSA) is 75.6 Å². The molecular weight excluding hydrogens is 270 g/mol. The summed E-state index contributed by atoms with van der Waals surface area (Å²) in [5.41, 5.74) is 1.82. The summed E-state index contributed by atoms with van der Waals surface area (Å²) in [5.74, 6) is -0.729. The van der Waals surface area contributed by atoms with Crippen LogP contribution in [0.5, 0.6) is 5.75 Å². The lowest BCUT2D eigenvalue weighted by Crippen LogP contribution is -2.26. The fraction of sp³-hybridized carbons (Fsp3) is 0.375. The standard InChI is InChI=1S/C16H19NO4/c18-15(19)11-21-14-8-6-13(7-9-14)16(20)17-10-12-4-2-1-3-5-12/h4,6-9H,1-3,5,10-11H2,(H,17,20)(H,18,19). The number of allylic oxidation sites excluding steroid dienone is 1. The van der Waals surface area contributed by atoms with E-state index in [1.54, 1.807) is 24.3 Å². The van der Waals surface area contributed by atoms with E-state index in [0.29, 0.717) is 17.9 Å². The van der Waals surface area contributed by atoms with Gasteiger partial charge >= 0.3 is 5.97 Å². The van der Waals surface area contributed by atoms with Crippen molar-refractivity contribution in [3.05, 3.63) is 41.5 Å². The van der Waals surface area contributed by atoms with Crippen LogP contribution in [0.15, 0.2) is 35.9 Å². The largest absolute Gasteiger partial charge is 0.482 e. The molecule has 1 aromatic rings. The van der Waals surface area contributed by atoms with Crippen LogP contribution < -0.4 is 10.1 Å². The second-order valence-corrected chi connectivity index (χ2v) is 5.00. The average Bonchev–Trinajstić information content (AvgIpc) is 2.52. The quantitative estimate of drug-likeness (QED) is 0.788. The summed E-state index contributed by atoms with van der Waals surface area (Å²) in [5, 5.41) is 11.4. The van der Waals surface area contributed by atoms with Gasteiger partial charge in [0.05, 0.1) is 0 Å². The van der Waals surface area contributed by atoms with E-state index >= 15 is 0 Å². The Balaban J connectivity index is 1.84. The van der Waals surface area contributed by atoms with Crippen molar-refractivity contribution in [2.45, 2.75) is 25.7 Å². The summed E-state index contributed by atoms with van der Waals surface area (Å²) in [6.45, 7) is 0.204. The van der Waals surface area contributed by atoms with Crippen molar-refractivity contribution in [2.75, 3.05) is 13.2 Å². The van der Waals surface area contributed by atoms with Crippen molar-refractivity contribution >= 4 is 11.9 Å². The Morgan fingerprint density at radius 2 is 1.95 bits per heavy atom. The molecule has 0 spiro atoms. The molecule has 0 aromatic heterocycles. The van der Waals surface area contributed by atoms with Crippen molar-refractivity contribution < 1.29 is 19.4 Å². The summed E-state index contributed by atoms with van der Waals surface area (Å²) in [6.07, 6.45) is 6.78. The molecule has 1 aromatic carbocycles. The van der Waals surface area contributed by atoms with Gasteiger partial charge in [-0.3, -0.25) is 4.79 Å². The molecule has 0 unspecified atom stereocenters. The number of hydrogen-bond acceptors (Lipinski definition) is 3. The number of nitrogens with one attached hydrogen (secondary N) is 1. The van der Waals surface area contributed by atoms with Gasteiger partial charge in [-0.2, -0.15) is 0 Å². The van der Waals surface area contributed by atoms with E-state index in [1.165, 1.54) is 18.4 Å². The van der Waals surface area contributed by atoms with Crippen LogP contribution in [0.1, 0.15) is 36.0 Å². The van der Waals surface area contributed by atoms with Crippen molar-refractivity contribution in [1.29, 1.82) is 0 Å². The van der Waals surface area contributed by atoms with Crippen molar-refractivity contribution in [3.63, 3.8) is 0 Å². The van der Waals surface area contributed by atoms with E-state index in [-0.39, 0.29) is 12.5 Å². The first-order valence-electron chi connectivity index (χ1n) is 7.06. The van der Waals surface area contributed by atoms with E-state index < -0.39 is 5.97 Å². The molecular formula is C16H19NO4. The Bertz CT molecular complexity index is 534. The van der Waals surface area contributed by atoms with E-state index in [0.717, 1.165) is 12.8 Å². The molecule has 5 nitrogen and oxygen atoms in total. The van der Waals surface area contributed by atoms with Gasteiger partial charge in [0.2, 0.25) is 0 Å². The van der Waals surface area contributed by atoms with Crippen molar-refractivity contribution in [1.82, 2.24) is 5.32 Å². The molecule has 0 fully saturated rings. The number of carboxylic acids is 1. The van der Waals surface area contributed by atoms with Crippen LogP contribution in [-0.4, -0.2) is 30.1 Å². The van der Waals surface area contributed by atoms with Gasteiger partial charge in [0.1, 0.15) is 5.75 Å². The smallest absolute Gasteiger partial charge is 0.341 e. The maximum absolute atomic E-state index is 12.0. The van der Waals surface area contributed by atoms with Crippen LogP contribution in [0.3, 0.4) is 0 Å². The Morgan fingerprint density at radius 1 is 1.19 bits per heavy atom. The summed E-state index contributed by atoms with van der Waals surface area (Å²) in [6, 6.07) is 6.44. The minimum absolute atomic E-state index is 0.133. The zero-order chi connectivity index (χ0) is 15.1. The molecule has 5 heteroatoms. The Hall–Kier alpha value is -2.30.